The summed E-state index contributed by atoms with van der Waals surface area (Å²) in [4.78, 5) is 12.6. The summed E-state index contributed by atoms with van der Waals surface area (Å²) < 4.78 is 5.75. The first kappa shape index (κ1) is 13.0. The summed E-state index contributed by atoms with van der Waals surface area (Å²) in [7, 11) is 0. The molecular formula is C15H13N5O. The average molecular weight is 279 g/mol. The van der Waals surface area contributed by atoms with Gasteiger partial charge in [0.15, 0.2) is 0 Å². The van der Waals surface area contributed by atoms with Crippen LogP contribution in [-0.2, 0) is 0 Å². The molecule has 3 N–H and O–H groups in total. The summed E-state index contributed by atoms with van der Waals surface area (Å²) in [5.74, 6) is 0.491. The van der Waals surface area contributed by atoms with E-state index >= 15 is 0 Å². The number of nitrogens with one attached hydrogen (secondary N) is 1. The van der Waals surface area contributed by atoms with Crippen molar-refractivity contribution in [3.8, 4) is 11.8 Å². The summed E-state index contributed by atoms with van der Waals surface area (Å²) in [5.41, 5.74) is 7.32. The largest absolute Gasteiger partial charge is 0.424 e. The van der Waals surface area contributed by atoms with E-state index in [4.69, 9.17) is 15.9 Å². The molecule has 2 heterocycles. The number of pyridine rings is 1. The van der Waals surface area contributed by atoms with Gasteiger partial charge in [-0.15, -0.1) is 0 Å². The summed E-state index contributed by atoms with van der Waals surface area (Å²) >= 11 is 0. The Hall–Kier alpha value is -3.02. The van der Waals surface area contributed by atoms with Gasteiger partial charge in [-0.2, -0.15) is 4.98 Å². The summed E-state index contributed by atoms with van der Waals surface area (Å²) in [5, 5.41) is 8.33. The third-order valence-electron chi connectivity index (χ3n) is 2.92. The number of amidine groups is 1. The van der Waals surface area contributed by atoms with Gasteiger partial charge in [0.2, 0.25) is 0 Å². The number of rotatable bonds is 3. The van der Waals surface area contributed by atoms with Crippen LogP contribution in [0.5, 0.6) is 11.8 Å². The first-order chi connectivity index (χ1) is 10.1. The molecule has 0 fully saturated rings. The summed E-state index contributed by atoms with van der Waals surface area (Å²) in [6.45, 7) is 1.80. The van der Waals surface area contributed by atoms with Crippen LogP contribution < -0.4 is 10.5 Å². The molecule has 6 heteroatoms. The minimum Gasteiger partial charge on any atom is -0.424 e. The van der Waals surface area contributed by atoms with Gasteiger partial charge in [-0.05, 0) is 37.3 Å². The molecule has 3 rings (SSSR count). The van der Waals surface area contributed by atoms with Gasteiger partial charge >= 0.3 is 6.01 Å². The second kappa shape index (κ2) is 5.16. The number of benzene rings is 1. The zero-order valence-electron chi connectivity index (χ0n) is 11.4. The second-order valence-corrected chi connectivity index (χ2v) is 4.52. The van der Waals surface area contributed by atoms with Gasteiger partial charge in [0, 0.05) is 17.3 Å². The number of nitrogen functional groups attached to an aromatic ring is 1. The van der Waals surface area contributed by atoms with E-state index in [9.17, 15) is 0 Å². The maximum atomic E-state index is 7.46. The molecule has 104 valence electrons. The van der Waals surface area contributed by atoms with E-state index < -0.39 is 0 Å². The maximum absolute atomic E-state index is 7.46. The molecule has 2 aromatic heterocycles. The monoisotopic (exact) mass is 279 g/mol. The van der Waals surface area contributed by atoms with Crippen molar-refractivity contribution in [1.82, 2.24) is 15.0 Å². The number of nitrogens with two attached hydrogens (primary N) is 1. The summed E-state index contributed by atoms with van der Waals surface area (Å²) in [6, 6.07) is 11.1. The SMILES string of the molecule is Cc1cc(C(=N)N)nc(Oc2cccc3ncccc23)n1. The molecule has 21 heavy (non-hydrogen) atoms. The molecule has 0 saturated heterocycles. The fraction of sp³-hybridized carbons (Fsp3) is 0.0667. The lowest BCUT2D eigenvalue weighted by Crippen LogP contribution is -2.14. The molecular weight excluding hydrogens is 266 g/mol. The van der Waals surface area contributed by atoms with Crippen LogP contribution in [0.4, 0.5) is 0 Å². The quantitative estimate of drug-likeness (QED) is 0.566. The Morgan fingerprint density at radius 3 is 2.86 bits per heavy atom. The average Bonchev–Trinajstić information content (AvgIpc) is 2.47. The highest BCUT2D eigenvalue weighted by Crippen LogP contribution is 2.27. The lowest BCUT2D eigenvalue weighted by molar-refractivity contribution is 0.444. The lowest BCUT2D eigenvalue weighted by Gasteiger charge is -2.08. The van der Waals surface area contributed by atoms with Crippen molar-refractivity contribution < 1.29 is 4.74 Å². The summed E-state index contributed by atoms with van der Waals surface area (Å²) in [6.07, 6.45) is 1.73. The predicted octanol–water partition coefficient (Wildman–Crippen LogP) is 2.41. The van der Waals surface area contributed by atoms with Crippen molar-refractivity contribution in [2.75, 3.05) is 0 Å². The van der Waals surface area contributed by atoms with E-state index in [0.29, 0.717) is 17.1 Å². The fourth-order valence-corrected chi connectivity index (χ4v) is 1.99. The number of fused-ring (bicyclic) bond motifs is 1. The molecule has 0 saturated carbocycles. The molecule has 0 unspecified atom stereocenters. The van der Waals surface area contributed by atoms with Crippen molar-refractivity contribution >= 4 is 16.7 Å². The zero-order chi connectivity index (χ0) is 14.8. The van der Waals surface area contributed by atoms with Crippen LogP contribution in [-0.4, -0.2) is 20.8 Å². The lowest BCUT2D eigenvalue weighted by atomic mass is 10.2. The van der Waals surface area contributed by atoms with Crippen LogP contribution in [0.1, 0.15) is 11.4 Å². The predicted molar refractivity (Wildman–Crippen MR) is 79.6 cm³/mol. The first-order valence-corrected chi connectivity index (χ1v) is 6.35. The van der Waals surface area contributed by atoms with Crippen molar-refractivity contribution in [3.63, 3.8) is 0 Å². The van der Waals surface area contributed by atoms with E-state index in [-0.39, 0.29) is 11.8 Å². The maximum Gasteiger partial charge on any atom is 0.322 e. The third kappa shape index (κ3) is 2.64. The Bertz CT molecular complexity index is 826. The Kier molecular flexibility index (Phi) is 3.19. The van der Waals surface area contributed by atoms with E-state index in [0.717, 1.165) is 10.9 Å². The molecule has 0 radical (unpaired) electrons. The highest BCUT2D eigenvalue weighted by atomic mass is 16.5. The minimum absolute atomic E-state index is 0.120. The molecule has 0 bridgehead atoms. The number of nitrogens with zero attached hydrogens (tertiary/aromatic N) is 3. The smallest absolute Gasteiger partial charge is 0.322 e. The fourth-order valence-electron chi connectivity index (χ4n) is 1.99. The van der Waals surface area contributed by atoms with Crippen molar-refractivity contribution in [2.24, 2.45) is 5.73 Å². The Labute approximate surface area is 121 Å². The second-order valence-electron chi connectivity index (χ2n) is 4.52. The number of aryl methyl sites for hydroxylation is 1. The van der Waals surface area contributed by atoms with Crippen molar-refractivity contribution in [2.45, 2.75) is 6.92 Å². The molecule has 0 aliphatic carbocycles. The first-order valence-electron chi connectivity index (χ1n) is 6.35. The molecule has 0 aliphatic heterocycles. The van der Waals surface area contributed by atoms with E-state index in [1.54, 1.807) is 19.2 Å². The van der Waals surface area contributed by atoms with E-state index in [1.165, 1.54) is 0 Å². The Morgan fingerprint density at radius 2 is 2.05 bits per heavy atom. The van der Waals surface area contributed by atoms with Crippen molar-refractivity contribution in [3.05, 3.63) is 54.0 Å². The van der Waals surface area contributed by atoms with Crippen LogP contribution >= 0.6 is 0 Å². The van der Waals surface area contributed by atoms with Crippen LogP contribution in [0.25, 0.3) is 10.9 Å². The molecule has 0 atom stereocenters. The van der Waals surface area contributed by atoms with Crippen LogP contribution in [0, 0.1) is 12.3 Å². The normalized spacial score (nSPS) is 10.5. The number of ether oxygens (including phenoxy) is 1. The van der Waals surface area contributed by atoms with Gasteiger partial charge in [-0.25, -0.2) is 4.98 Å². The number of hydrogen-bond donors (Lipinski definition) is 2. The van der Waals surface area contributed by atoms with Gasteiger partial charge < -0.3 is 10.5 Å². The highest BCUT2D eigenvalue weighted by molar-refractivity contribution is 5.93. The zero-order valence-corrected chi connectivity index (χ0v) is 11.4. The Balaban J connectivity index is 2.05. The van der Waals surface area contributed by atoms with Gasteiger partial charge in [-0.1, -0.05) is 6.07 Å². The standard InChI is InChI=1S/C15H13N5O/c1-9-8-12(14(16)17)20-15(19-9)21-13-6-2-5-11-10(13)4-3-7-18-11/h2-8H,1H3,(H3,16,17). The molecule has 6 nitrogen and oxygen atoms in total. The number of aromatic nitrogens is 3. The van der Waals surface area contributed by atoms with Gasteiger partial charge in [0.1, 0.15) is 17.3 Å². The minimum atomic E-state index is -0.120. The molecule has 3 aromatic rings. The number of hydrogen-bond acceptors (Lipinski definition) is 5. The van der Waals surface area contributed by atoms with Gasteiger partial charge in [0.05, 0.1) is 5.52 Å². The molecule has 0 spiro atoms. The Morgan fingerprint density at radius 1 is 1.19 bits per heavy atom. The topological polar surface area (TPSA) is 97.8 Å². The van der Waals surface area contributed by atoms with Gasteiger partial charge in [-0.3, -0.25) is 10.4 Å². The highest BCUT2D eigenvalue weighted by Gasteiger charge is 2.09. The van der Waals surface area contributed by atoms with Crippen molar-refractivity contribution in [1.29, 1.82) is 5.41 Å². The van der Waals surface area contributed by atoms with E-state index in [1.807, 2.05) is 30.3 Å². The van der Waals surface area contributed by atoms with Crippen LogP contribution in [0.15, 0.2) is 42.6 Å². The molecule has 0 aliphatic rings. The van der Waals surface area contributed by atoms with E-state index in [2.05, 4.69) is 15.0 Å². The van der Waals surface area contributed by atoms with Crippen LogP contribution in [0.2, 0.25) is 0 Å². The van der Waals surface area contributed by atoms with Gasteiger partial charge in [0.25, 0.3) is 0 Å². The molecule has 0 amide bonds. The van der Waals surface area contributed by atoms with Crippen LogP contribution in [0.3, 0.4) is 0 Å². The third-order valence-corrected chi connectivity index (χ3v) is 2.92. The molecule has 1 aromatic carbocycles.